The van der Waals surface area contributed by atoms with E-state index in [-0.39, 0.29) is 5.43 Å². The molecule has 3 aromatic rings. The van der Waals surface area contributed by atoms with Crippen LogP contribution < -0.4 is 10.3 Å². The molecule has 0 bridgehead atoms. The zero-order valence-corrected chi connectivity index (χ0v) is 14.4. The zero-order valence-electron chi connectivity index (χ0n) is 12.0. The number of hydrogen-bond donors (Lipinski definition) is 0. The van der Waals surface area contributed by atoms with Crippen molar-refractivity contribution in [2.75, 3.05) is 4.90 Å². The Hall–Kier alpha value is -1.65. The molecule has 0 fully saturated rings. The lowest BCUT2D eigenvalue weighted by molar-refractivity contribution is 0.758. The van der Waals surface area contributed by atoms with Crippen LogP contribution in [0.1, 0.15) is 12.5 Å². The summed E-state index contributed by atoms with van der Waals surface area (Å²) in [6.07, 6.45) is 0.983. The number of rotatable bonds is 1. The van der Waals surface area contributed by atoms with E-state index in [1.807, 2.05) is 29.6 Å². The molecule has 110 valence electrons. The van der Waals surface area contributed by atoms with Crippen LogP contribution in [0.25, 0.3) is 10.1 Å². The molecule has 0 radical (unpaired) electrons. The van der Waals surface area contributed by atoms with Gasteiger partial charge in [0, 0.05) is 31.7 Å². The smallest absolute Gasteiger partial charge is 0.211 e. The van der Waals surface area contributed by atoms with E-state index in [0.717, 1.165) is 32.4 Å². The molecule has 4 heteroatoms. The van der Waals surface area contributed by atoms with Crippen molar-refractivity contribution in [2.24, 2.45) is 0 Å². The molecule has 1 atom stereocenters. The van der Waals surface area contributed by atoms with Crippen LogP contribution >= 0.6 is 27.3 Å². The van der Waals surface area contributed by atoms with Crippen LogP contribution in [-0.4, -0.2) is 6.04 Å². The Morgan fingerprint density at radius 1 is 1.18 bits per heavy atom. The number of para-hydroxylation sites is 1. The van der Waals surface area contributed by atoms with Crippen LogP contribution in [0, 0.1) is 0 Å². The first-order chi connectivity index (χ1) is 10.6. The first kappa shape index (κ1) is 14.0. The fraction of sp³-hybridized carbons (Fsp3) is 0.167. The van der Waals surface area contributed by atoms with Crippen molar-refractivity contribution in [3.8, 4) is 0 Å². The summed E-state index contributed by atoms with van der Waals surface area (Å²) >= 11 is 5.09. The van der Waals surface area contributed by atoms with Gasteiger partial charge in [-0.3, -0.25) is 4.79 Å². The van der Waals surface area contributed by atoms with Crippen LogP contribution in [0.4, 0.5) is 11.4 Å². The number of anilines is 2. The molecule has 0 aliphatic carbocycles. The highest BCUT2D eigenvalue weighted by atomic mass is 79.9. The maximum atomic E-state index is 13.0. The van der Waals surface area contributed by atoms with Crippen LogP contribution in [0.2, 0.25) is 0 Å². The van der Waals surface area contributed by atoms with Gasteiger partial charge in [-0.15, -0.1) is 11.3 Å². The summed E-state index contributed by atoms with van der Waals surface area (Å²) in [7, 11) is 0. The summed E-state index contributed by atoms with van der Waals surface area (Å²) in [6.45, 7) is 2.18. The Bertz CT molecular complexity index is 934. The third-order valence-electron chi connectivity index (χ3n) is 4.18. The molecule has 1 aliphatic heterocycles. The second-order valence-corrected chi connectivity index (χ2v) is 7.47. The maximum Gasteiger partial charge on any atom is 0.211 e. The summed E-state index contributed by atoms with van der Waals surface area (Å²) in [5, 5.41) is 2.78. The van der Waals surface area contributed by atoms with Crippen molar-refractivity contribution in [1.82, 2.24) is 0 Å². The molecule has 0 N–H and O–H groups in total. The van der Waals surface area contributed by atoms with E-state index in [1.54, 1.807) is 11.3 Å². The van der Waals surface area contributed by atoms with E-state index in [9.17, 15) is 4.79 Å². The average Bonchev–Trinajstić information content (AvgIpc) is 2.84. The normalized spacial score (nSPS) is 17.0. The van der Waals surface area contributed by atoms with Gasteiger partial charge in [-0.2, -0.15) is 0 Å². The molecule has 0 spiro atoms. The SMILES string of the molecule is C[C@@H]1Cc2ccccc2N1c1csc2ccc(Br)cc2c1=O. The van der Waals surface area contributed by atoms with Crippen molar-refractivity contribution >= 4 is 48.7 Å². The van der Waals surface area contributed by atoms with Gasteiger partial charge >= 0.3 is 0 Å². The topological polar surface area (TPSA) is 20.3 Å². The number of benzene rings is 2. The Balaban J connectivity index is 1.95. The van der Waals surface area contributed by atoms with Crippen LogP contribution in [0.15, 0.2) is 57.1 Å². The van der Waals surface area contributed by atoms with E-state index in [0.29, 0.717) is 6.04 Å². The van der Waals surface area contributed by atoms with E-state index < -0.39 is 0 Å². The average molecular weight is 372 g/mol. The third-order valence-corrected chi connectivity index (χ3v) is 5.63. The van der Waals surface area contributed by atoms with Crippen molar-refractivity contribution < 1.29 is 0 Å². The molecular formula is C18H14BrNOS. The van der Waals surface area contributed by atoms with Crippen molar-refractivity contribution in [1.29, 1.82) is 0 Å². The Labute approximate surface area is 141 Å². The highest BCUT2D eigenvalue weighted by Gasteiger charge is 2.28. The molecule has 0 saturated carbocycles. The van der Waals surface area contributed by atoms with Gasteiger partial charge in [0.2, 0.25) is 5.43 Å². The second kappa shape index (κ2) is 5.21. The lowest BCUT2D eigenvalue weighted by Crippen LogP contribution is -2.28. The molecular weight excluding hydrogens is 358 g/mol. The van der Waals surface area contributed by atoms with Crippen LogP contribution in [0.3, 0.4) is 0 Å². The van der Waals surface area contributed by atoms with Crippen molar-refractivity contribution in [3.05, 3.63) is 68.1 Å². The van der Waals surface area contributed by atoms with Gasteiger partial charge in [0.05, 0.1) is 0 Å². The fourth-order valence-electron chi connectivity index (χ4n) is 3.19. The predicted octanol–water partition coefficient (Wildman–Crippen LogP) is 5.11. The maximum absolute atomic E-state index is 13.0. The van der Waals surface area contributed by atoms with Gasteiger partial charge < -0.3 is 4.90 Å². The van der Waals surface area contributed by atoms with Gasteiger partial charge in [0.1, 0.15) is 5.69 Å². The van der Waals surface area contributed by atoms with Crippen molar-refractivity contribution in [3.63, 3.8) is 0 Å². The molecule has 0 saturated heterocycles. The summed E-state index contributed by atoms with van der Waals surface area (Å²) in [5.41, 5.74) is 3.37. The number of halogens is 1. The molecule has 2 nitrogen and oxygen atoms in total. The van der Waals surface area contributed by atoms with E-state index in [2.05, 4.69) is 46.0 Å². The highest BCUT2D eigenvalue weighted by Crippen LogP contribution is 2.38. The van der Waals surface area contributed by atoms with Crippen LogP contribution in [0.5, 0.6) is 0 Å². The Morgan fingerprint density at radius 2 is 2.00 bits per heavy atom. The van der Waals surface area contributed by atoms with E-state index in [4.69, 9.17) is 0 Å². The molecule has 4 rings (SSSR count). The summed E-state index contributed by atoms with van der Waals surface area (Å²) in [6, 6.07) is 14.6. The molecule has 1 aliphatic rings. The summed E-state index contributed by atoms with van der Waals surface area (Å²) in [5.74, 6) is 0. The number of hydrogen-bond acceptors (Lipinski definition) is 3. The third kappa shape index (κ3) is 2.09. The van der Waals surface area contributed by atoms with E-state index in [1.165, 1.54) is 5.56 Å². The number of fused-ring (bicyclic) bond motifs is 2. The highest BCUT2D eigenvalue weighted by molar-refractivity contribution is 9.10. The molecule has 0 amide bonds. The quantitative estimate of drug-likeness (QED) is 0.592. The molecule has 0 unspecified atom stereocenters. The number of nitrogens with zero attached hydrogens (tertiary/aromatic N) is 1. The first-order valence-corrected chi connectivity index (χ1v) is 8.90. The lowest BCUT2D eigenvalue weighted by Gasteiger charge is -2.24. The monoisotopic (exact) mass is 371 g/mol. The zero-order chi connectivity index (χ0) is 15.3. The summed E-state index contributed by atoms with van der Waals surface area (Å²) in [4.78, 5) is 15.2. The van der Waals surface area contributed by atoms with Gasteiger partial charge in [-0.05, 0) is 43.2 Å². The molecule has 1 aromatic heterocycles. The first-order valence-electron chi connectivity index (χ1n) is 7.23. The van der Waals surface area contributed by atoms with Gasteiger partial charge in [-0.25, -0.2) is 0 Å². The minimum Gasteiger partial charge on any atom is -0.334 e. The van der Waals surface area contributed by atoms with Gasteiger partial charge in [0.25, 0.3) is 0 Å². The molecule has 22 heavy (non-hydrogen) atoms. The Morgan fingerprint density at radius 3 is 2.86 bits per heavy atom. The standard InChI is InChI=1S/C18H14BrNOS/c1-11-8-12-4-2-3-5-15(12)20(11)16-10-22-17-7-6-13(19)9-14(17)18(16)21/h2-7,9-11H,8H2,1H3/t11-/m1/s1. The van der Waals surface area contributed by atoms with Gasteiger partial charge in [-0.1, -0.05) is 34.1 Å². The van der Waals surface area contributed by atoms with Crippen molar-refractivity contribution in [2.45, 2.75) is 19.4 Å². The predicted molar refractivity (Wildman–Crippen MR) is 97.5 cm³/mol. The minimum absolute atomic E-state index is 0.110. The van der Waals surface area contributed by atoms with Gasteiger partial charge in [0.15, 0.2) is 0 Å². The Kier molecular flexibility index (Phi) is 3.31. The van der Waals surface area contributed by atoms with Crippen LogP contribution in [-0.2, 0) is 6.42 Å². The minimum atomic E-state index is 0.110. The second-order valence-electron chi connectivity index (χ2n) is 5.64. The molecule has 2 aromatic carbocycles. The molecule has 2 heterocycles. The van der Waals surface area contributed by atoms with E-state index >= 15 is 0 Å². The lowest BCUT2D eigenvalue weighted by atomic mass is 10.1. The summed E-state index contributed by atoms with van der Waals surface area (Å²) < 4.78 is 1.97. The fourth-order valence-corrected chi connectivity index (χ4v) is 4.44. The largest absolute Gasteiger partial charge is 0.334 e.